The second kappa shape index (κ2) is 6.26. The fourth-order valence-corrected chi connectivity index (χ4v) is 2.69. The zero-order valence-electron chi connectivity index (χ0n) is 10.9. The third-order valence-electron chi connectivity index (χ3n) is 3.61. The molecule has 1 aromatic rings. The number of nitrogens with zero attached hydrogens (tertiary/aromatic N) is 1. The minimum absolute atomic E-state index is 0.0993. The SMILES string of the molecule is O=C(O)CN(Cc1cc(F)c(F)c(F)c1)C1CCCC1. The van der Waals surface area contributed by atoms with E-state index in [1.807, 2.05) is 0 Å². The van der Waals surface area contributed by atoms with Crippen LogP contribution in [-0.2, 0) is 11.3 Å². The maximum absolute atomic E-state index is 13.2. The Balaban J connectivity index is 2.16. The molecule has 0 radical (unpaired) electrons. The van der Waals surface area contributed by atoms with Crippen molar-refractivity contribution in [1.29, 1.82) is 0 Å². The Morgan fingerprint density at radius 2 is 1.75 bits per heavy atom. The van der Waals surface area contributed by atoms with Crippen LogP contribution in [0.4, 0.5) is 13.2 Å². The molecule has 1 saturated carbocycles. The number of carboxylic acids is 1. The number of rotatable bonds is 5. The van der Waals surface area contributed by atoms with E-state index in [0.717, 1.165) is 37.8 Å². The summed E-state index contributed by atoms with van der Waals surface area (Å²) in [6.07, 6.45) is 3.79. The molecule has 0 spiro atoms. The van der Waals surface area contributed by atoms with Gasteiger partial charge in [0, 0.05) is 12.6 Å². The molecule has 0 aromatic heterocycles. The summed E-state index contributed by atoms with van der Waals surface area (Å²) in [4.78, 5) is 12.6. The lowest BCUT2D eigenvalue weighted by Crippen LogP contribution is -2.37. The van der Waals surface area contributed by atoms with E-state index in [9.17, 15) is 18.0 Å². The summed E-state index contributed by atoms with van der Waals surface area (Å²) in [7, 11) is 0. The van der Waals surface area contributed by atoms with Crippen molar-refractivity contribution in [3.05, 3.63) is 35.1 Å². The average Bonchev–Trinajstić information content (AvgIpc) is 2.88. The molecular formula is C14H16F3NO2. The first kappa shape index (κ1) is 14.8. The fraction of sp³-hybridized carbons (Fsp3) is 0.500. The summed E-state index contributed by atoms with van der Waals surface area (Å²) >= 11 is 0. The van der Waals surface area contributed by atoms with Crippen LogP contribution in [0.25, 0.3) is 0 Å². The van der Waals surface area contributed by atoms with Gasteiger partial charge in [0.2, 0.25) is 0 Å². The highest BCUT2D eigenvalue weighted by molar-refractivity contribution is 5.69. The summed E-state index contributed by atoms with van der Waals surface area (Å²) in [5.41, 5.74) is 0.245. The van der Waals surface area contributed by atoms with Crippen LogP contribution in [0.1, 0.15) is 31.2 Å². The number of carboxylic acid groups (broad SMARTS) is 1. The number of hydrogen-bond acceptors (Lipinski definition) is 2. The molecule has 1 N–H and O–H groups in total. The lowest BCUT2D eigenvalue weighted by atomic mass is 10.1. The van der Waals surface area contributed by atoms with Crippen LogP contribution >= 0.6 is 0 Å². The van der Waals surface area contributed by atoms with Crippen LogP contribution in [0.15, 0.2) is 12.1 Å². The normalized spacial score (nSPS) is 16.0. The zero-order chi connectivity index (χ0) is 14.7. The summed E-state index contributed by atoms with van der Waals surface area (Å²) in [6.45, 7) is -0.0869. The number of hydrogen-bond donors (Lipinski definition) is 1. The van der Waals surface area contributed by atoms with Crippen LogP contribution in [0.3, 0.4) is 0 Å². The van der Waals surface area contributed by atoms with Crippen molar-refractivity contribution in [2.75, 3.05) is 6.54 Å². The van der Waals surface area contributed by atoms with Gasteiger partial charge in [-0.05, 0) is 30.5 Å². The molecule has 0 aliphatic heterocycles. The molecule has 1 aliphatic rings. The number of halogens is 3. The molecule has 2 rings (SSSR count). The van der Waals surface area contributed by atoms with Crippen LogP contribution in [0.2, 0.25) is 0 Å². The monoisotopic (exact) mass is 287 g/mol. The van der Waals surface area contributed by atoms with Gasteiger partial charge in [0.15, 0.2) is 17.5 Å². The van der Waals surface area contributed by atoms with Gasteiger partial charge in [-0.2, -0.15) is 0 Å². The maximum Gasteiger partial charge on any atom is 0.317 e. The van der Waals surface area contributed by atoms with E-state index in [4.69, 9.17) is 5.11 Å². The summed E-state index contributed by atoms with van der Waals surface area (Å²) < 4.78 is 39.3. The van der Waals surface area contributed by atoms with Gasteiger partial charge in [-0.1, -0.05) is 12.8 Å². The Hall–Kier alpha value is -1.56. The lowest BCUT2D eigenvalue weighted by Gasteiger charge is -2.27. The Bertz CT molecular complexity index is 478. The van der Waals surface area contributed by atoms with Crippen molar-refractivity contribution in [2.24, 2.45) is 0 Å². The van der Waals surface area contributed by atoms with Gasteiger partial charge in [0.1, 0.15) is 0 Å². The molecule has 6 heteroatoms. The minimum atomic E-state index is -1.50. The molecule has 1 aliphatic carbocycles. The second-order valence-electron chi connectivity index (χ2n) is 5.11. The molecule has 0 saturated heterocycles. The van der Waals surface area contributed by atoms with E-state index >= 15 is 0 Å². The van der Waals surface area contributed by atoms with Gasteiger partial charge in [0.25, 0.3) is 0 Å². The molecule has 1 fully saturated rings. The van der Waals surface area contributed by atoms with Gasteiger partial charge in [-0.15, -0.1) is 0 Å². The molecule has 0 bridgehead atoms. The summed E-state index contributed by atoms with van der Waals surface area (Å²) in [6, 6.07) is 1.94. The number of aliphatic carboxylic acids is 1. The highest BCUT2D eigenvalue weighted by Gasteiger charge is 2.25. The van der Waals surface area contributed by atoms with E-state index in [2.05, 4.69) is 0 Å². The quantitative estimate of drug-likeness (QED) is 0.846. The van der Waals surface area contributed by atoms with Crippen LogP contribution in [0.5, 0.6) is 0 Å². The number of carbonyl (C=O) groups is 1. The third-order valence-corrected chi connectivity index (χ3v) is 3.61. The first-order valence-corrected chi connectivity index (χ1v) is 6.56. The van der Waals surface area contributed by atoms with Crippen molar-refractivity contribution in [3.63, 3.8) is 0 Å². The van der Waals surface area contributed by atoms with Crippen LogP contribution < -0.4 is 0 Å². The molecule has 0 amide bonds. The highest BCUT2D eigenvalue weighted by atomic mass is 19.2. The van der Waals surface area contributed by atoms with Gasteiger partial charge < -0.3 is 5.11 Å². The van der Waals surface area contributed by atoms with Crippen LogP contribution in [0, 0.1) is 17.5 Å². The molecule has 0 atom stereocenters. The molecule has 3 nitrogen and oxygen atoms in total. The third kappa shape index (κ3) is 3.50. The predicted octanol–water partition coefficient (Wildman–Crippen LogP) is 2.93. The highest BCUT2D eigenvalue weighted by Crippen LogP contribution is 2.25. The smallest absolute Gasteiger partial charge is 0.317 e. The fourth-order valence-electron chi connectivity index (χ4n) is 2.69. The van der Waals surface area contributed by atoms with Crippen molar-refractivity contribution in [2.45, 2.75) is 38.3 Å². The summed E-state index contributed by atoms with van der Waals surface area (Å²) in [5.74, 6) is -4.98. The molecule has 1 aromatic carbocycles. The minimum Gasteiger partial charge on any atom is -0.480 e. The van der Waals surface area contributed by atoms with E-state index in [1.165, 1.54) is 0 Å². The zero-order valence-corrected chi connectivity index (χ0v) is 10.9. The Morgan fingerprint density at radius 1 is 1.20 bits per heavy atom. The van der Waals surface area contributed by atoms with Crippen molar-refractivity contribution >= 4 is 5.97 Å². The lowest BCUT2D eigenvalue weighted by molar-refractivity contribution is -0.139. The Kier molecular flexibility index (Phi) is 4.65. The summed E-state index contributed by atoms with van der Waals surface area (Å²) in [5, 5.41) is 8.93. The van der Waals surface area contributed by atoms with Crippen molar-refractivity contribution in [3.8, 4) is 0 Å². The second-order valence-corrected chi connectivity index (χ2v) is 5.11. The van der Waals surface area contributed by atoms with Crippen molar-refractivity contribution < 1.29 is 23.1 Å². The van der Waals surface area contributed by atoms with Crippen molar-refractivity contribution in [1.82, 2.24) is 4.90 Å². The number of benzene rings is 1. The van der Waals surface area contributed by atoms with E-state index < -0.39 is 23.4 Å². The average molecular weight is 287 g/mol. The van der Waals surface area contributed by atoms with E-state index in [0.29, 0.717) is 0 Å². The standard InChI is InChI=1S/C14H16F3NO2/c15-11-5-9(6-12(16)14(11)17)7-18(8-13(19)20)10-3-1-2-4-10/h5-6,10H,1-4,7-8H2,(H,19,20). The first-order chi connectivity index (χ1) is 9.47. The Labute approximate surface area is 115 Å². The maximum atomic E-state index is 13.2. The molecular weight excluding hydrogens is 271 g/mol. The van der Waals surface area contributed by atoms with Gasteiger partial charge in [0.05, 0.1) is 6.54 Å². The molecule has 20 heavy (non-hydrogen) atoms. The van der Waals surface area contributed by atoms with E-state index in [-0.39, 0.29) is 24.7 Å². The van der Waals surface area contributed by atoms with E-state index in [1.54, 1.807) is 4.90 Å². The largest absolute Gasteiger partial charge is 0.480 e. The first-order valence-electron chi connectivity index (χ1n) is 6.56. The van der Waals surface area contributed by atoms with Crippen LogP contribution in [-0.4, -0.2) is 28.6 Å². The molecule has 110 valence electrons. The van der Waals surface area contributed by atoms with Gasteiger partial charge in [-0.3, -0.25) is 9.69 Å². The molecule has 0 heterocycles. The molecule has 0 unspecified atom stereocenters. The predicted molar refractivity (Wildman–Crippen MR) is 66.6 cm³/mol. The Morgan fingerprint density at radius 3 is 2.25 bits per heavy atom. The van der Waals surface area contributed by atoms with Gasteiger partial charge in [-0.25, -0.2) is 13.2 Å². The topological polar surface area (TPSA) is 40.5 Å². The van der Waals surface area contributed by atoms with Gasteiger partial charge >= 0.3 is 5.97 Å².